The van der Waals surface area contributed by atoms with Crippen LogP contribution in [0.2, 0.25) is 0 Å². The number of amides is 1. The van der Waals surface area contributed by atoms with Crippen LogP contribution < -0.4 is 15.8 Å². The first-order valence-corrected chi connectivity index (χ1v) is 3.44. The first-order chi connectivity index (χ1) is 5.75. The molecular formula is C7H7N3O2. The number of hydrogen-bond donors (Lipinski definition) is 2. The van der Waals surface area contributed by atoms with Crippen LogP contribution in [0.5, 0.6) is 5.88 Å². The van der Waals surface area contributed by atoms with Gasteiger partial charge in [0.1, 0.15) is 5.69 Å². The Bertz CT molecular complexity index is 337. The number of aromatic nitrogens is 1. The van der Waals surface area contributed by atoms with Crippen LogP contribution in [-0.4, -0.2) is 17.5 Å². The fourth-order valence-electron chi connectivity index (χ4n) is 0.993. The van der Waals surface area contributed by atoms with Gasteiger partial charge in [-0.2, -0.15) is 0 Å². The fraction of sp³-hybridized carbons (Fsp3) is 0.143. The summed E-state index contributed by atoms with van der Waals surface area (Å²) in [7, 11) is 0. The summed E-state index contributed by atoms with van der Waals surface area (Å²) in [6, 6.07) is 1.61. The highest BCUT2D eigenvalue weighted by Crippen LogP contribution is 2.25. The van der Waals surface area contributed by atoms with E-state index in [2.05, 4.69) is 10.3 Å². The summed E-state index contributed by atoms with van der Waals surface area (Å²) in [5.74, 6) is 0.235. The summed E-state index contributed by atoms with van der Waals surface area (Å²) in [4.78, 5) is 14.7. The quantitative estimate of drug-likeness (QED) is 0.567. The molecule has 5 heteroatoms. The van der Waals surface area contributed by atoms with Gasteiger partial charge in [0.15, 0.2) is 6.61 Å². The molecule has 0 atom stereocenters. The zero-order valence-electron chi connectivity index (χ0n) is 6.20. The van der Waals surface area contributed by atoms with Crippen molar-refractivity contribution in [3.63, 3.8) is 0 Å². The molecule has 2 rings (SSSR count). The van der Waals surface area contributed by atoms with Crippen LogP contribution in [0.4, 0.5) is 11.4 Å². The molecule has 0 saturated carbocycles. The first-order valence-electron chi connectivity index (χ1n) is 3.44. The highest BCUT2D eigenvalue weighted by Gasteiger charge is 2.16. The number of nitrogens with one attached hydrogen (secondary N) is 1. The monoisotopic (exact) mass is 165 g/mol. The van der Waals surface area contributed by atoms with E-state index in [9.17, 15) is 4.79 Å². The van der Waals surface area contributed by atoms with Gasteiger partial charge in [0.2, 0.25) is 5.88 Å². The minimum Gasteiger partial charge on any atom is -0.466 e. The molecule has 0 spiro atoms. The SMILES string of the molecule is Nc1cnc2c(c1)NC(=O)CO2. The van der Waals surface area contributed by atoms with Gasteiger partial charge in [-0.1, -0.05) is 0 Å². The summed E-state index contributed by atoms with van der Waals surface area (Å²) >= 11 is 0. The van der Waals surface area contributed by atoms with Crippen molar-refractivity contribution in [3.8, 4) is 5.88 Å². The van der Waals surface area contributed by atoms with Gasteiger partial charge in [-0.25, -0.2) is 4.98 Å². The number of nitrogens with two attached hydrogens (primary N) is 1. The molecule has 1 aromatic heterocycles. The second kappa shape index (κ2) is 2.37. The molecule has 2 heterocycles. The van der Waals surface area contributed by atoms with Gasteiger partial charge >= 0.3 is 0 Å². The number of pyridine rings is 1. The van der Waals surface area contributed by atoms with Crippen LogP contribution in [0.25, 0.3) is 0 Å². The minimum absolute atomic E-state index is 0.0178. The summed E-state index contributed by atoms with van der Waals surface area (Å²) < 4.78 is 5.01. The van der Waals surface area contributed by atoms with E-state index in [-0.39, 0.29) is 12.5 Å². The molecule has 1 amide bonds. The van der Waals surface area contributed by atoms with Gasteiger partial charge in [-0.15, -0.1) is 0 Å². The van der Waals surface area contributed by atoms with E-state index in [4.69, 9.17) is 10.5 Å². The zero-order chi connectivity index (χ0) is 8.55. The number of nitrogen functional groups attached to an aromatic ring is 1. The van der Waals surface area contributed by atoms with E-state index < -0.39 is 0 Å². The third-order valence-corrected chi connectivity index (χ3v) is 1.49. The molecule has 0 bridgehead atoms. The summed E-state index contributed by atoms with van der Waals surface area (Å²) in [5.41, 5.74) is 6.49. The summed E-state index contributed by atoms with van der Waals surface area (Å²) in [6.07, 6.45) is 1.48. The Hall–Kier alpha value is -1.78. The molecule has 1 aliphatic rings. The van der Waals surface area contributed by atoms with E-state index in [1.165, 1.54) is 6.20 Å². The minimum atomic E-state index is -0.185. The van der Waals surface area contributed by atoms with Crippen LogP contribution in [0.15, 0.2) is 12.3 Å². The lowest BCUT2D eigenvalue weighted by Crippen LogP contribution is -2.25. The molecule has 0 saturated heterocycles. The molecule has 1 aromatic rings. The maximum absolute atomic E-state index is 10.8. The second-order valence-corrected chi connectivity index (χ2v) is 2.46. The predicted molar refractivity (Wildman–Crippen MR) is 42.8 cm³/mol. The Labute approximate surface area is 68.5 Å². The topological polar surface area (TPSA) is 77.2 Å². The lowest BCUT2D eigenvalue weighted by Gasteiger charge is -2.16. The number of fused-ring (bicyclic) bond motifs is 1. The molecule has 5 nitrogen and oxygen atoms in total. The summed E-state index contributed by atoms with van der Waals surface area (Å²) in [6.45, 7) is 0.0178. The Balaban J connectivity index is 2.44. The molecule has 3 N–H and O–H groups in total. The van der Waals surface area contributed by atoms with Crippen molar-refractivity contribution in [2.75, 3.05) is 17.7 Å². The van der Waals surface area contributed by atoms with Crippen molar-refractivity contribution in [3.05, 3.63) is 12.3 Å². The van der Waals surface area contributed by atoms with Crippen molar-refractivity contribution in [1.29, 1.82) is 0 Å². The van der Waals surface area contributed by atoms with Crippen molar-refractivity contribution in [1.82, 2.24) is 4.98 Å². The average Bonchev–Trinajstić information content (AvgIpc) is 2.03. The molecule has 62 valence electrons. The molecule has 0 aromatic carbocycles. The normalized spacial score (nSPS) is 14.5. The van der Waals surface area contributed by atoms with Crippen molar-refractivity contribution in [2.45, 2.75) is 0 Å². The smallest absolute Gasteiger partial charge is 0.262 e. The van der Waals surface area contributed by atoms with Crippen LogP contribution in [-0.2, 0) is 4.79 Å². The number of rotatable bonds is 0. The van der Waals surface area contributed by atoms with Gasteiger partial charge in [-0.3, -0.25) is 4.79 Å². The van der Waals surface area contributed by atoms with E-state index in [0.29, 0.717) is 17.3 Å². The van der Waals surface area contributed by atoms with Gasteiger partial charge in [-0.05, 0) is 6.07 Å². The largest absolute Gasteiger partial charge is 0.466 e. The average molecular weight is 165 g/mol. The third-order valence-electron chi connectivity index (χ3n) is 1.49. The van der Waals surface area contributed by atoms with Crippen molar-refractivity contribution < 1.29 is 9.53 Å². The highest BCUT2D eigenvalue weighted by molar-refractivity contribution is 5.95. The predicted octanol–water partition coefficient (Wildman–Crippen LogP) is -0.00530. The van der Waals surface area contributed by atoms with E-state index in [1.54, 1.807) is 6.07 Å². The Morgan fingerprint density at radius 2 is 2.50 bits per heavy atom. The second-order valence-electron chi connectivity index (χ2n) is 2.46. The number of nitrogens with zero attached hydrogens (tertiary/aromatic N) is 1. The molecule has 12 heavy (non-hydrogen) atoms. The van der Waals surface area contributed by atoms with E-state index >= 15 is 0 Å². The van der Waals surface area contributed by atoms with Crippen LogP contribution in [0, 0.1) is 0 Å². The molecule has 0 radical (unpaired) electrons. The molecule has 0 fully saturated rings. The molecule has 0 aliphatic carbocycles. The van der Waals surface area contributed by atoms with Crippen molar-refractivity contribution >= 4 is 17.3 Å². The van der Waals surface area contributed by atoms with E-state index in [1.807, 2.05) is 0 Å². The van der Waals surface area contributed by atoms with Gasteiger partial charge in [0, 0.05) is 0 Å². The Kier molecular flexibility index (Phi) is 1.36. The lowest BCUT2D eigenvalue weighted by atomic mass is 10.3. The van der Waals surface area contributed by atoms with Gasteiger partial charge < -0.3 is 15.8 Å². The molecule has 1 aliphatic heterocycles. The van der Waals surface area contributed by atoms with Crippen molar-refractivity contribution in [2.24, 2.45) is 0 Å². The number of anilines is 2. The molecule has 0 unspecified atom stereocenters. The standard InChI is InChI=1S/C7H7N3O2/c8-4-1-5-7(9-2-4)12-3-6(11)10-5/h1-2H,3,8H2,(H,10,11). The highest BCUT2D eigenvalue weighted by atomic mass is 16.5. The maximum Gasteiger partial charge on any atom is 0.262 e. The fourth-order valence-corrected chi connectivity index (χ4v) is 0.993. The summed E-state index contributed by atoms with van der Waals surface area (Å²) in [5, 5.41) is 2.59. The van der Waals surface area contributed by atoms with E-state index in [0.717, 1.165) is 0 Å². The molecular weight excluding hydrogens is 158 g/mol. The van der Waals surface area contributed by atoms with Gasteiger partial charge in [0.05, 0.1) is 11.9 Å². The Morgan fingerprint density at radius 1 is 1.67 bits per heavy atom. The van der Waals surface area contributed by atoms with Crippen LogP contribution >= 0.6 is 0 Å². The third kappa shape index (κ3) is 1.05. The lowest BCUT2D eigenvalue weighted by molar-refractivity contribution is -0.118. The van der Waals surface area contributed by atoms with Crippen LogP contribution in [0.3, 0.4) is 0 Å². The maximum atomic E-state index is 10.8. The first kappa shape index (κ1) is 6.90. The Morgan fingerprint density at radius 3 is 3.33 bits per heavy atom. The number of hydrogen-bond acceptors (Lipinski definition) is 4. The van der Waals surface area contributed by atoms with Gasteiger partial charge in [0.25, 0.3) is 5.91 Å². The van der Waals surface area contributed by atoms with Crippen LogP contribution in [0.1, 0.15) is 0 Å². The number of carbonyl (C=O) groups is 1. The number of carbonyl (C=O) groups excluding carboxylic acids is 1. The number of ether oxygens (including phenoxy) is 1. The zero-order valence-corrected chi connectivity index (χ0v) is 6.20.